The minimum atomic E-state index is -0.148. The number of amides is 1. The van der Waals surface area contributed by atoms with Crippen LogP contribution in [0.1, 0.15) is 18.4 Å². The van der Waals surface area contributed by atoms with Crippen molar-refractivity contribution in [3.63, 3.8) is 0 Å². The molecule has 0 radical (unpaired) electrons. The topological polar surface area (TPSA) is 38.3 Å². The van der Waals surface area contributed by atoms with E-state index < -0.39 is 0 Å². The Morgan fingerprint density at radius 3 is 2.47 bits per heavy atom. The summed E-state index contributed by atoms with van der Waals surface area (Å²) in [6.07, 6.45) is 2.15. The van der Waals surface area contributed by atoms with Gasteiger partial charge in [-0.2, -0.15) is 0 Å². The molecule has 1 amide bonds. The van der Waals surface area contributed by atoms with Crippen molar-refractivity contribution in [2.75, 3.05) is 18.5 Å². The van der Waals surface area contributed by atoms with Gasteiger partial charge in [-0.15, -0.1) is 0 Å². The van der Waals surface area contributed by atoms with E-state index in [9.17, 15) is 4.79 Å². The van der Waals surface area contributed by atoms with Crippen molar-refractivity contribution >= 4 is 37.8 Å². The van der Waals surface area contributed by atoms with E-state index in [2.05, 4.69) is 37.2 Å². The van der Waals surface area contributed by atoms with Crippen LogP contribution in [0.2, 0.25) is 0 Å². The van der Waals surface area contributed by atoms with E-state index in [1.807, 2.05) is 24.3 Å². The average molecular weight is 391 g/mol. The molecule has 19 heavy (non-hydrogen) atoms. The van der Waals surface area contributed by atoms with Crippen LogP contribution in [0.25, 0.3) is 0 Å². The molecule has 104 valence electrons. The molecule has 2 rings (SSSR count). The first-order valence-electron chi connectivity index (χ1n) is 6.33. The second kappa shape index (κ2) is 6.86. The number of nitrogens with one attached hydrogen (secondary N) is 1. The third-order valence-corrected chi connectivity index (χ3v) is 4.99. The summed E-state index contributed by atoms with van der Waals surface area (Å²) in [6.45, 7) is 1.42. The number of ether oxygens (including phenoxy) is 1. The van der Waals surface area contributed by atoms with Gasteiger partial charge in [-0.05, 0) is 30.5 Å². The number of hydrogen-bond acceptors (Lipinski definition) is 2. The number of benzene rings is 1. The molecular weight excluding hydrogens is 374 g/mol. The first-order valence-corrected chi connectivity index (χ1v) is 8.24. The summed E-state index contributed by atoms with van der Waals surface area (Å²) < 4.78 is 6.39. The van der Waals surface area contributed by atoms with E-state index in [0.29, 0.717) is 19.6 Å². The van der Waals surface area contributed by atoms with Crippen LogP contribution in [0.4, 0.5) is 0 Å². The molecule has 5 heteroatoms. The fraction of sp³-hybridized carbons (Fsp3) is 0.500. The quantitative estimate of drug-likeness (QED) is 0.802. The predicted octanol–water partition coefficient (Wildman–Crippen LogP) is 3.05. The van der Waals surface area contributed by atoms with E-state index in [0.717, 1.165) is 28.2 Å². The highest BCUT2D eigenvalue weighted by atomic mass is 79.9. The van der Waals surface area contributed by atoms with Crippen LogP contribution in [0, 0.1) is 0 Å². The lowest BCUT2D eigenvalue weighted by molar-refractivity contribution is -0.123. The average Bonchev–Trinajstić information content (AvgIpc) is 2.42. The van der Waals surface area contributed by atoms with E-state index in [-0.39, 0.29) is 11.4 Å². The Bertz CT molecular complexity index is 428. The summed E-state index contributed by atoms with van der Waals surface area (Å²) in [5.74, 6) is 0.0728. The lowest BCUT2D eigenvalue weighted by Gasteiger charge is -2.36. The van der Waals surface area contributed by atoms with Crippen molar-refractivity contribution in [1.82, 2.24) is 5.32 Å². The van der Waals surface area contributed by atoms with Gasteiger partial charge in [0.25, 0.3) is 0 Å². The van der Waals surface area contributed by atoms with E-state index in [1.54, 1.807) is 0 Å². The molecule has 1 aromatic carbocycles. The van der Waals surface area contributed by atoms with Gasteiger partial charge in [0.1, 0.15) is 0 Å². The second-order valence-electron chi connectivity index (χ2n) is 4.88. The number of carbonyl (C=O) groups is 1. The molecule has 0 unspecified atom stereocenters. The molecule has 3 nitrogen and oxygen atoms in total. The molecule has 1 aromatic rings. The van der Waals surface area contributed by atoms with Crippen LogP contribution in [-0.4, -0.2) is 30.0 Å². The van der Waals surface area contributed by atoms with Crippen molar-refractivity contribution in [2.45, 2.75) is 24.8 Å². The van der Waals surface area contributed by atoms with Gasteiger partial charge in [-0.25, -0.2) is 0 Å². The Kier molecular flexibility index (Phi) is 5.42. The van der Waals surface area contributed by atoms with Crippen molar-refractivity contribution in [2.24, 2.45) is 0 Å². The molecule has 1 saturated heterocycles. The van der Waals surface area contributed by atoms with Gasteiger partial charge in [0, 0.05) is 23.0 Å². The van der Waals surface area contributed by atoms with E-state index >= 15 is 0 Å². The summed E-state index contributed by atoms with van der Waals surface area (Å²) in [5, 5.41) is 3.94. The van der Waals surface area contributed by atoms with Crippen LogP contribution < -0.4 is 5.32 Å². The summed E-state index contributed by atoms with van der Waals surface area (Å²) in [6, 6.07) is 7.84. The Hall–Kier alpha value is -0.390. The Balaban J connectivity index is 1.94. The van der Waals surface area contributed by atoms with Crippen LogP contribution in [-0.2, 0) is 16.0 Å². The van der Waals surface area contributed by atoms with Gasteiger partial charge >= 0.3 is 0 Å². The van der Waals surface area contributed by atoms with Crippen LogP contribution >= 0.6 is 31.9 Å². The molecule has 0 aliphatic carbocycles. The van der Waals surface area contributed by atoms with Crippen molar-refractivity contribution in [1.29, 1.82) is 0 Å². The minimum Gasteiger partial charge on any atom is -0.381 e. The second-order valence-corrected chi connectivity index (χ2v) is 6.35. The number of hydrogen-bond donors (Lipinski definition) is 1. The first kappa shape index (κ1) is 15.0. The summed E-state index contributed by atoms with van der Waals surface area (Å²) in [4.78, 5) is 12.1. The Labute approximate surface area is 130 Å². The van der Waals surface area contributed by atoms with E-state index in [1.165, 1.54) is 0 Å². The largest absolute Gasteiger partial charge is 0.381 e. The molecular formula is C14H17Br2NO2. The van der Waals surface area contributed by atoms with Gasteiger partial charge in [0.15, 0.2) is 0 Å². The molecule has 0 aromatic heterocycles. The van der Waals surface area contributed by atoms with Gasteiger partial charge in [-0.3, -0.25) is 4.79 Å². The van der Waals surface area contributed by atoms with E-state index in [4.69, 9.17) is 4.74 Å². The highest BCUT2D eigenvalue weighted by Gasteiger charge is 2.32. The maximum Gasteiger partial charge on any atom is 0.224 e. The minimum absolute atomic E-state index is 0.0728. The molecule has 1 heterocycles. The molecule has 0 spiro atoms. The third kappa shape index (κ3) is 4.29. The lowest BCUT2D eigenvalue weighted by atomic mass is 9.92. The molecule has 0 saturated carbocycles. The van der Waals surface area contributed by atoms with Crippen molar-refractivity contribution in [3.8, 4) is 0 Å². The zero-order valence-corrected chi connectivity index (χ0v) is 13.8. The molecule has 0 bridgehead atoms. The standard InChI is InChI=1S/C14H17Br2NO2/c15-10-14(5-7-19-8-6-14)17-13(18)9-11-1-3-12(16)4-2-11/h1-4H,5-10H2,(H,17,18). The SMILES string of the molecule is O=C(Cc1ccc(Br)cc1)NC1(CBr)CCOCC1. The number of rotatable bonds is 4. The summed E-state index contributed by atoms with van der Waals surface area (Å²) in [7, 11) is 0. The van der Waals surface area contributed by atoms with Gasteiger partial charge < -0.3 is 10.1 Å². The zero-order chi connectivity index (χ0) is 13.7. The molecule has 1 N–H and O–H groups in total. The zero-order valence-electron chi connectivity index (χ0n) is 10.6. The number of halogens is 2. The fourth-order valence-corrected chi connectivity index (χ4v) is 3.15. The van der Waals surface area contributed by atoms with Crippen LogP contribution in [0.5, 0.6) is 0 Å². The number of alkyl halides is 1. The van der Waals surface area contributed by atoms with Gasteiger partial charge in [-0.1, -0.05) is 44.0 Å². The third-order valence-electron chi connectivity index (χ3n) is 3.39. The lowest BCUT2D eigenvalue weighted by Crippen LogP contribution is -2.53. The molecule has 1 aliphatic rings. The smallest absolute Gasteiger partial charge is 0.224 e. The number of carbonyl (C=O) groups excluding carboxylic acids is 1. The fourth-order valence-electron chi connectivity index (χ4n) is 2.18. The maximum atomic E-state index is 12.1. The highest BCUT2D eigenvalue weighted by molar-refractivity contribution is 9.10. The van der Waals surface area contributed by atoms with Crippen LogP contribution in [0.15, 0.2) is 28.7 Å². The summed E-state index contributed by atoms with van der Waals surface area (Å²) in [5.41, 5.74) is 0.877. The Morgan fingerprint density at radius 2 is 1.89 bits per heavy atom. The predicted molar refractivity (Wildman–Crippen MR) is 82.6 cm³/mol. The summed E-state index contributed by atoms with van der Waals surface area (Å²) >= 11 is 6.91. The normalized spacial score (nSPS) is 18.0. The van der Waals surface area contributed by atoms with Crippen molar-refractivity contribution < 1.29 is 9.53 Å². The first-order chi connectivity index (χ1) is 9.13. The van der Waals surface area contributed by atoms with Gasteiger partial charge in [0.2, 0.25) is 5.91 Å². The monoisotopic (exact) mass is 389 g/mol. The Morgan fingerprint density at radius 1 is 1.26 bits per heavy atom. The molecule has 0 atom stereocenters. The van der Waals surface area contributed by atoms with Crippen LogP contribution in [0.3, 0.4) is 0 Å². The van der Waals surface area contributed by atoms with Crippen molar-refractivity contribution in [3.05, 3.63) is 34.3 Å². The molecule has 1 fully saturated rings. The highest BCUT2D eigenvalue weighted by Crippen LogP contribution is 2.23. The van der Waals surface area contributed by atoms with Gasteiger partial charge in [0.05, 0.1) is 12.0 Å². The molecule has 1 aliphatic heterocycles. The maximum absolute atomic E-state index is 12.1.